The largest absolute Gasteiger partial charge is 0.483 e. The normalized spacial score (nSPS) is 14.0. The van der Waals surface area contributed by atoms with Crippen molar-refractivity contribution in [2.45, 2.75) is 6.61 Å². The number of benzene rings is 1. The average Bonchev–Trinajstić information content (AvgIpc) is 3.19. The molecule has 1 aliphatic rings. The Bertz CT molecular complexity index is 816. The van der Waals surface area contributed by atoms with Gasteiger partial charge in [0, 0.05) is 17.8 Å². The molecule has 1 aromatic heterocycles. The van der Waals surface area contributed by atoms with Gasteiger partial charge in [-0.3, -0.25) is 14.5 Å². The van der Waals surface area contributed by atoms with E-state index >= 15 is 0 Å². The molecule has 0 saturated carbocycles. The molecule has 3 rings (SSSR count). The first kappa shape index (κ1) is 16.7. The Morgan fingerprint density at radius 2 is 2.12 bits per heavy atom. The van der Waals surface area contributed by atoms with Gasteiger partial charge in [0.2, 0.25) is 0 Å². The number of anilines is 1. The summed E-state index contributed by atoms with van der Waals surface area (Å²) in [7, 11) is 0. The number of rotatable bonds is 7. The Balaban J connectivity index is 1.66. The minimum absolute atomic E-state index is 0.0158. The number of halogens is 1. The van der Waals surface area contributed by atoms with Crippen LogP contribution >= 0.6 is 0 Å². The molecule has 25 heavy (non-hydrogen) atoms. The fraction of sp³-hybridized carbons (Fsp3) is 0.176. The minimum Gasteiger partial charge on any atom is -0.483 e. The molecule has 1 aromatic carbocycles. The Kier molecular flexibility index (Phi) is 4.80. The predicted octanol–water partition coefficient (Wildman–Crippen LogP) is 1.65. The molecular weight excluding hydrogens is 331 g/mol. The van der Waals surface area contributed by atoms with Gasteiger partial charge >= 0.3 is 0 Å². The smallest absolute Gasteiger partial charge is 0.277 e. The van der Waals surface area contributed by atoms with Gasteiger partial charge in [-0.25, -0.2) is 4.39 Å². The number of aliphatic hydroxyl groups excluding tert-OH is 1. The van der Waals surface area contributed by atoms with Crippen molar-refractivity contribution in [3.05, 3.63) is 59.9 Å². The number of carbonyl (C=O) groups is 2. The molecule has 2 aromatic rings. The van der Waals surface area contributed by atoms with Gasteiger partial charge in [-0.1, -0.05) is 0 Å². The predicted molar refractivity (Wildman–Crippen MR) is 85.0 cm³/mol. The van der Waals surface area contributed by atoms with E-state index in [-0.39, 0.29) is 31.2 Å². The fourth-order valence-corrected chi connectivity index (χ4v) is 2.30. The van der Waals surface area contributed by atoms with E-state index in [0.29, 0.717) is 11.4 Å². The lowest BCUT2D eigenvalue weighted by Gasteiger charge is -2.13. The minimum atomic E-state index is -0.624. The number of imide groups is 1. The molecule has 0 aliphatic carbocycles. The van der Waals surface area contributed by atoms with Crippen LogP contribution in [0.25, 0.3) is 0 Å². The second-order valence-electron chi connectivity index (χ2n) is 5.21. The second-order valence-corrected chi connectivity index (χ2v) is 5.21. The molecule has 0 bridgehead atoms. The fourth-order valence-electron chi connectivity index (χ4n) is 2.30. The third-order valence-electron chi connectivity index (χ3n) is 3.49. The lowest BCUT2D eigenvalue weighted by atomic mass is 10.2. The molecule has 0 unspecified atom stereocenters. The third-order valence-corrected chi connectivity index (χ3v) is 3.49. The van der Waals surface area contributed by atoms with Crippen molar-refractivity contribution in [3.8, 4) is 5.75 Å². The van der Waals surface area contributed by atoms with Gasteiger partial charge < -0.3 is 19.6 Å². The Hall–Kier alpha value is -3.13. The number of aliphatic hydroxyl groups is 1. The van der Waals surface area contributed by atoms with Crippen molar-refractivity contribution >= 4 is 17.5 Å². The van der Waals surface area contributed by atoms with E-state index < -0.39 is 17.6 Å². The van der Waals surface area contributed by atoms with Crippen molar-refractivity contribution in [1.29, 1.82) is 0 Å². The lowest BCUT2D eigenvalue weighted by Crippen LogP contribution is -2.34. The monoisotopic (exact) mass is 346 g/mol. The number of carbonyl (C=O) groups excluding carboxylic acids is 2. The van der Waals surface area contributed by atoms with Gasteiger partial charge in [0.15, 0.2) is 11.6 Å². The molecule has 0 spiro atoms. The second kappa shape index (κ2) is 7.18. The van der Waals surface area contributed by atoms with Crippen molar-refractivity contribution in [2.24, 2.45) is 0 Å². The number of amides is 2. The van der Waals surface area contributed by atoms with E-state index in [1.54, 1.807) is 12.1 Å². The van der Waals surface area contributed by atoms with Crippen LogP contribution in [0.15, 0.2) is 52.8 Å². The number of nitrogens with zero attached hydrogens (tertiary/aromatic N) is 1. The summed E-state index contributed by atoms with van der Waals surface area (Å²) in [4.78, 5) is 24.6. The summed E-state index contributed by atoms with van der Waals surface area (Å²) in [6.07, 6.45) is 2.60. The maximum atomic E-state index is 14.1. The van der Waals surface area contributed by atoms with Crippen LogP contribution in [0, 0.1) is 5.82 Å². The van der Waals surface area contributed by atoms with E-state index in [1.807, 2.05) is 0 Å². The van der Waals surface area contributed by atoms with Crippen molar-refractivity contribution in [2.75, 3.05) is 18.5 Å². The quantitative estimate of drug-likeness (QED) is 0.741. The number of ether oxygens (including phenoxy) is 1. The molecule has 7 nitrogen and oxygen atoms in total. The summed E-state index contributed by atoms with van der Waals surface area (Å²) >= 11 is 0. The van der Waals surface area contributed by atoms with Gasteiger partial charge in [0.1, 0.15) is 18.1 Å². The number of β-amino-alcohol motifs (C(OH)–C–C–N with tert-alkyl or cyclic N) is 1. The van der Waals surface area contributed by atoms with Crippen LogP contribution in [-0.2, 0) is 16.2 Å². The lowest BCUT2D eigenvalue weighted by molar-refractivity contribution is -0.137. The van der Waals surface area contributed by atoms with E-state index in [2.05, 4.69) is 5.32 Å². The topological polar surface area (TPSA) is 92.0 Å². The van der Waals surface area contributed by atoms with Crippen LogP contribution in [0.2, 0.25) is 0 Å². The summed E-state index contributed by atoms with van der Waals surface area (Å²) < 4.78 is 24.5. The highest BCUT2D eigenvalue weighted by molar-refractivity contribution is 6.17. The molecule has 2 heterocycles. The molecule has 130 valence electrons. The Labute approximate surface area is 142 Å². The number of hydrogen-bond acceptors (Lipinski definition) is 6. The molecule has 2 N–H and O–H groups in total. The highest BCUT2D eigenvalue weighted by atomic mass is 19.1. The van der Waals surface area contributed by atoms with Crippen LogP contribution in [-0.4, -0.2) is 35.0 Å². The van der Waals surface area contributed by atoms with Crippen molar-refractivity contribution < 1.29 is 28.2 Å². The molecule has 0 radical (unpaired) electrons. The van der Waals surface area contributed by atoms with Crippen molar-refractivity contribution in [1.82, 2.24) is 4.90 Å². The summed E-state index contributed by atoms with van der Waals surface area (Å²) in [5.74, 6) is -1.13. The summed E-state index contributed by atoms with van der Waals surface area (Å²) in [5.41, 5.74) is 0.309. The van der Waals surface area contributed by atoms with Crippen LogP contribution in [0.5, 0.6) is 5.75 Å². The summed E-state index contributed by atoms with van der Waals surface area (Å²) in [5, 5.41) is 11.6. The van der Waals surface area contributed by atoms with Gasteiger partial charge in [0.25, 0.3) is 11.8 Å². The standard InChI is InChI=1S/C17H15FN2O5/c18-13-8-11(3-4-15(13)25-10-12-2-1-7-24-12)19-14-9-16(22)20(5-6-21)17(14)23/h1-4,7-9,19,21H,5-6,10H2. The zero-order valence-corrected chi connectivity index (χ0v) is 13.1. The first-order valence-corrected chi connectivity index (χ1v) is 7.48. The van der Waals surface area contributed by atoms with Gasteiger partial charge in [-0.15, -0.1) is 0 Å². The number of nitrogens with one attached hydrogen (secondary N) is 1. The summed E-state index contributed by atoms with van der Waals surface area (Å²) in [6.45, 7) is -0.326. The SMILES string of the molecule is O=C1C=C(Nc2ccc(OCc3ccco3)c(F)c2)C(=O)N1CCO. The molecule has 8 heteroatoms. The van der Waals surface area contributed by atoms with E-state index in [9.17, 15) is 14.0 Å². The molecular formula is C17H15FN2O5. The zero-order valence-electron chi connectivity index (χ0n) is 13.1. The third kappa shape index (κ3) is 3.69. The molecule has 0 atom stereocenters. The van der Waals surface area contributed by atoms with Crippen LogP contribution in [0.1, 0.15) is 5.76 Å². The van der Waals surface area contributed by atoms with E-state index in [1.165, 1.54) is 18.4 Å². The first-order valence-electron chi connectivity index (χ1n) is 7.48. The maximum Gasteiger partial charge on any atom is 0.277 e. The van der Waals surface area contributed by atoms with Gasteiger partial charge in [0.05, 0.1) is 19.4 Å². The first-order chi connectivity index (χ1) is 12.1. The average molecular weight is 346 g/mol. The van der Waals surface area contributed by atoms with Gasteiger partial charge in [-0.05, 0) is 24.3 Å². The highest BCUT2D eigenvalue weighted by Gasteiger charge is 2.30. The molecule has 0 saturated heterocycles. The Morgan fingerprint density at radius 1 is 1.28 bits per heavy atom. The maximum absolute atomic E-state index is 14.1. The van der Waals surface area contributed by atoms with Crippen LogP contribution in [0.4, 0.5) is 10.1 Å². The molecule has 0 fully saturated rings. The Morgan fingerprint density at radius 3 is 2.80 bits per heavy atom. The number of hydrogen-bond donors (Lipinski definition) is 2. The van der Waals surface area contributed by atoms with Crippen LogP contribution in [0.3, 0.4) is 0 Å². The van der Waals surface area contributed by atoms with Crippen molar-refractivity contribution in [3.63, 3.8) is 0 Å². The number of furan rings is 1. The highest BCUT2D eigenvalue weighted by Crippen LogP contribution is 2.24. The van der Waals surface area contributed by atoms with Crippen LogP contribution < -0.4 is 10.1 Å². The summed E-state index contributed by atoms with van der Waals surface area (Å²) in [6, 6.07) is 7.50. The molecule has 2 amide bonds. The van der Waals surface area contributed by atoms with E-state index in [4.69, 9.17) is 14.3 Å². The van der Waals surface area contributed by atoms with E-state index in [0.717, 1.165) is 17.0 Å². The zero-order chi connectivity index (χ0) is 17.8. The van der Waals surface area contributed by atoms with Gasteiger partial charge in [-0.2, -0.15) is 0 Å². The molecule has 1 aliphatic heterocycles.